The van der Waals surface area contributed by atoms with E-state index >= 15 is 0 Å². The molecule has 1 fully saturated rings. The van der Waals surface area contributed by atoms with Crippen molar-refractivity contribution in [2.45, 2.75) is 51.0 Å². The normalized spacial score (nSPS) is 22.2. The summed E-state index contributed by atoms with van der Waals surface area (Å²) in [5.41, 5.74) is 1.98. The predicted octanol–water partition coefficient (Wildman–Crippen LogP) is 3.70. The van der Waals surface area contributed by atoms with E-state index in [-0.39, 0.29) is 30.3 Å². The number of hydrogen-bond donors (Lipinski definition) is 1. The lowest BCUT2D eigenvalue weighted by molar-refractivity contribution is -0.144. The smallest absolute Gasteiger partial charge is 0.336 e. The van der Waals surface area contributed by atoms with Crippen LogP contribution in [-0.4, -0.2) is 18.0 Å². The summed E-state index contributed by atoms with van der Waals surface area (Å²) in [4.78, 5) is 24.6. The first-order valence-corrected chi connectivity index (χ1v) is 8.39. The SMILES string of the molecule is CC1=C(C(=O)OC2CCCC2)[C@H](c2cccc(Cl)c2)CC(=O)N1. The molecule has 3 rings (SSSR count). The van der Waals surface area contributed by atoms with Crippen molar-refractivity contribution in [3.63, 3.8) is 0 Å². The Morgan fingerprint density at radius 1 is 1.30 bits per heavy atom. The van der Waals surface area contributed by atoms with Crippen LogP contribution in [0.5, 0.6) is 0 Å². The average molecular weight is 334 g/mol. The van der Waals surface area contributed by atoms with E-state index in [2.05, 4.69) is 5.32 Å². The number of halogens is 1. The minimum atomic E-state index is -0.320. The summed E-state index contributed by atoms with van der Waals surface area (Å²) < 4.78 is 5.66. The first-order valence-electron chi connectivity index (χ1n) is 8.01. The van der Waals surface area contributed by atoms with Crippen LogP contribution >= 0.6 is 11.6 Å². The molecule has 1 saturated carbocycles. The molecule has 1 atom stereocenters. The number of amides is 1. The Hall–Kier alpha value is -1.81. The van der Waals surface area contributed by atoms with E-state index in [0.717, 1.165) is 31.2 Å². The van der Waals surface area contributed by atoms with Crippen LogP contribution in [0.3, 0.4) is 0 Å². The Kier molecular flexibility index (Phi) is 4.71. The van der Waals surface area contributed by atoms with Crippen LogP contribution in [0, 0.1) is 0 Å². The Morgan fingerprint density at radius 2 is 2.04 bits per heavy atom. The largest absolute Gasteiger partial charge is 0.459 e. The van der Waals surface area contributed by atoms with Gasteiger partial charge in [-0.1, -0.05) is 23.7 Å². The van der Waals surface area contributed by atoms with Crippen molar-refractivity contribution in [2.75, 3.05) is 0 Å². The molecular weight excluding hydrogens is 314 g/mol. The molecule has 2 aliphatic rings. The summed E-state index contributed by atoms with van der Waals surface area (Å²) in [6, 6.07) is 7.31. The van der Waals surface area contributed by atoms with E-state index < -0.39 is 0 Å². The van der Waals surface area contributed by atoms with Crippen molar-refractivity contribution < 1.29 is 14.3 Å². The van der Waals surface area contributed by atoms with E-state index in [1.807, 2.05) is 12.1 Å². The van der Waals surface area contributed by atoms with Gasteiger partial charge >= 0.3 is 5.97 Å². The maximum atomic E-state index is 12.7. The van der Waals surface area contributed by atoms with Crippen LogP contribution in [0.1, 0.15) is 50.5 Å². The van der Waals surface area contributed by atoms with Crippen LogP contribution in [0.25, 0.3) is 0 Å². The zero-order valence-corrected chi connectivity index (χ0v) is 13.9. The van der Waals surface area contributed by atoms with Gasteiger partial charge in [0.25, 0.3) is 0 Å². The second-order valence-electron chi connectivity index (χ2n) is 6.21. The molecule has 1 aliphatic heterocycles. The van der Waals surface area contributed by atoms with Crippen molar-refractivity contribution in [3.05, 3.63) is 46.1 Å². The predicted molar refractivity (Wildman–Crippen MR) is 88.0 cm³/mol. The number of benzene rings is 1. The van der Waals surface area contributed by atoms with E-state index in [1.54, 1.807) is 19.1 Å². The van der Waals surface area contributed by atoms with E-state index in [9.17, 15) is 9.59 Å². The molecule has 0 spiro atoms. The van der Waals surface area contributed by atoms with Gasteiger partial charge < -0.3 is 10.1 Å². The van der Waals surface area contributed by atoms with Crippen LogP contribution in [0.4, 0.5) is 0 Å². The van der Waals surface area contributed by atoms with Crippen LogP contribution in [-0.2, 0) is 14.3 Å². The fourth-order valence-corrected chi connectivity index (χ4v) is 3.60. The summed E-state index contributed by atoms with van der Waals surface area (Å²) in [6.07, 6.45) is 4.28. The first-order chi connectivity index (χ1) is 11.0. The second-order valence-corrected chi connectivity index (χ2v) is 6.65. The zero-order valence-electron chi connectivity index (χ0n) is 13.1. The third-order valence-corrected chi connectivity index (χ3v) is 4.75. The fourth-order valence-electron chi connectivity index (χ4n) is 3.40. The Balaban J connectivity index is 1.90. The van der Waals surface area contributed by atoms with Gasteiger partial charge in [-0.25, -0.2) is 4.79 Å². The van der Waals surface area contributed by atoms with Crippen molar-refractivity contribution in [1.29, 1.82) is 0 Å². The number of nitrogens with one attached hydrogen (secondary N) is 1. The number of allylic oxidation sites excluding steroid dienone is 1. The number of rotatable bonds is 3. The molecule has 0 saturated heterocycles. The van der Waals surface area contributed by atoms with Gasteiger partial charge in [0.15, 0.2) is 0 Å². The third-order valence-electron chi connectivity index (χ3n) is 4.52. The maximum absolute atomic E-state index is 12.7. The molecule has 0 aromatic heterocycles. The van der Waals surface area contributed by atoms with Gasteiger partial charge in [-0.05, 0) is 50.3 Å². The molecule has 1 N–H and O–H groups in total. The Labute approximate surface area is 140 Å². The van der Waals surface area contributed by atoms with Gasteiger partial charge in [-0.3, -0.25) is 4.79 Å². The number of ether oxygens (including phenoxy) is 1. The maximum Gasteiger partial charge on any atom is 0.336 e. The quantitative estimate of drug-likeness (QED) is 0.858. The summed E-state index contributed by atoms with van der Waals surface area (Å²) >= 11 is 6.07. The Bertz CT molecular complexity index is 662. The lowest BCUT2D eigenvalue weighted by Crippen LogP contribution is -2.35. The molecule has 4 nitrogen and oxygen atoms in total. The van der Waals surface area contributed by atoms with Crippen molar-refractivity contribution >= 4 is 23.5 Å². The highest BCUT2D eigenvalue weighted by Crippen LogP contribution is 2.35. The highest BCUT2D eigenvalue weighted by atomic mass is 35.5. The van der Waals surface area contributed by atoms with E-state index in [4.69, 9.17) is 16.3 Å². The molecule has 5 heteroatoms. The van der Waals surface area contributed by atoms with Gasteiger partial charge in [-0.2, -0.15) is 0 Å². The van der Waals surface area contributed by atoms with Crippen LogP contribution in [0.15, 0.2) is 35.5 Å². The second kappa shape index (κ2) is 6.75. The van der Waals surface area contributed by atoms with Crippen molar-refractivity contribution in [3.8, 4) is 0 Å². The summed E-state index contributed by atoms with van der Waals surface area (Å²) in [6.45, 7) is 1.75. The van der Waals surface area contributed by atoms with Crippen molar-refractivity contribution in [1.82, 2.24) is 5.32 Å². The Morgan fingerprint density at radius 3 is 2.74 bits per heavy atom. The van der Waals surface area contributed by atoms with Gasteiger partial charge in [0, 0.05) is 23.1 Å². The van der Waals surface area contributed by atoms with Crippen molar-refractivity contribution in [2.24, 2.45) is 0 Å². The molecule has 23 heavy (non-hydrogen) atoms. The molecule has 0 radical (unpaired) electrons. The molecule has 1 aliphatic carbocycles. The monoisotopic (exact) mass is 333 g/mol. The molecular formula is C18H20ClNO3. The molecule has 122 valence electrons. The summed E-state index contributed by atoms with van der Waals surface area (Å²) in [5, 5.41) is 3.35. The van der Waals surface area contributed by atoms with Gasteiger partial charge in [0.2, 0.25) is 5.91 Å². The highest BCUT2D eigenvalue weighted by Gasteiger charge is 2.34. The third kappa shape index (κ3) is 3.58. The van der Waals surface area contributed by atoms with Gasteiger partial charge in [0.1, 0.15) is 6.10 Å². The number of carbonyl (C=O) groups excluding carboxylic acids is 2. The topological polar surface area (TPSA) is 55.4 Å². The lowest BCUT2D eigenvalue weighted by atomic mass is 9.84. The standard InChI is InChI=1S/C18H20ClNO3/c1-11-17(18(22)23-14-7-2-3-8-14)15(10-16(21)20-11)12-5-4-6-13(19)9-12/h4-6,9,14-15H,2-3,7-8,10H2,1H3,(H,20,21)/t15-/m0/s1. The van der Waals surface area contributed by atoms with Crippen LogP contribution < -0.4 is 5.32 Å². The molecule has 1 aromatic carbocycles. The van der Waals surface area contributed by atoms with E-state index in [0.29, 0.717) is 16.3 Å². The first kappa shape index (κ1) is 16.1. The molecule has 1 heterocycles. The number of hydrogen-bond acceptors (Lipinski definition) is 3. The number of esters is 1. The molecule has 1 aromatic rings. The minimum Gasteiger partial charge on any atom is -0.459 e. The average Bonchev–Trinajstić information content (AvgIpc) is 2.99. The van der Waals surface area contributed by atoms with Gasteiger partial charge in [0.05, 0.1) is 5.57 Å². The fraction of sp³-hybridized carbons (Fsp3) is 0.444. The summed E-state index contributed by atoms with van der Waals surface area (Å²) in [7, 11) is 0. The minimum absolute atomic E-state index is 0.000407. The molecule has 0 unspecified atom stereocenters. The van der Waals surface area contributed by atoms with E-state index in [1.165, 1.54) is 0 Å². The van der Waals surface area contributed by atoms with Gasteiger partial charge in [-0.15, -0.1) is 0 Å². The zero-order chi connectivity index (χ0) is 16.4. The molecule has 0 bridgehead atoms. The highest BCUT2D eigenvalue weighted by molar-refractivity contribution is 6.30. The van der Waals surface area contributed by atoms with Crippen LogP contribution in [0.2, 0.25) is 5.02 Å². The lowest BCUT2D eigenvalue weighted by Gasteiger charge is -2.27. The summed E-state index contributed by atoms with van der Waals surface area (Å²) in [5.74, 6) is -0.722. The number of carbonyl (C=O) groups is 2. The molecule has 1 amide bonds.